The Hall–Kier alpha value is -4.34. The van der Waals surface area contributed by atoms with Crippen LogP contribution < -0.4 is 5.32 Å². The van der Waals surface area contributed by atoms with Crippen LogP contribution in [0.3, 0.4) is 0 Å². The highest BCUT2D eigenvalue weighted by Crippen LogP contribution is 2.34. The first-order chi connectivity index (χ1) is 17.4. The molecule has 2 aromatic heterocycles. The molecule has 2 heterocycles. The number of alkyl halides is 6. The van der Waals surface area contributed by atoms with Crippen molar-refractivity contribution in [2.24, 2.45) is 0 Å². The van der Waals surface area contributed by atoms with Crippen LogP contribution in [0.25, 0.3) is 27.8 Å². The number of amides is 1. The molecule has 1 amide bonds. The van der Waals surface area contributed by atoms with Gasteiger partial charge in [-0.3, -0.25) is 14.0 Å². The molecule has 0 saturated carbocycles. The van der Waals surface area contributed by atoms with E-state index in [0.717, 1.165) is 4.68 Å². The lowest BCUT2D eigenvalue weighted by Gasteiger charge is -2.17. The number of nitrogens with one attached hydrogen (secondary N) is 1. The molecular weight excluding hydrogens is 502 g/mol. The van der Waals surface area contributed by atoms with Crippen LogP contribution in [0.5, 0.6) is 0 Å². The van der Waals surface area contributed by atoms with Crippen molar-refractivity contribution in [1.82, 2.24) is 19.3 Å². The number of imidazole rings is 1. The Bertz CT molecular complexity index is 1460. The largest absolute Gasteiger partial charge is 0.411 e. The first-order valence-electron chi connectivity index (χ1n) is 10.9. The van der Waals surface area contributed by atoms with Crippen LogP contribution in [0.15, 0.2) is 61.2 Å². The van der Waals surface area contributed by atoms with Crippen LogP contribution in [0.4, 0.5) is 32.0 Å². The van der Waals surface area contributed by atoms with Gasteiger partial charge in [0.1, 0.15) is 6.33 Å². The summed E-state index contributed by atoms with van der Waals surface area (Å²) in [5, 5.41) is 15.0. The molecule has 0 aliphatic rings. The van der Waals surface area contributed by atoms with E-state index in [2.05, 4.69) is 15.4 Å². The van der Waals surface area contributed by atoms with Crippen molar-refractivity contribution in [3.05, 3.63) is 61.2 Å². The maximum Gasteiger partial charge on any atom is 0.411 e. The van der Waals surface area contributed by atoms with Crippen molar-refractivity contribution < 1.29 is 31.1 Å². The van der Waals surface area contributed by atoms with Crippen molar-refractivity contribution in [2.75, 3.05) is 5.32 Å². The molecule has 1 N–H and O–H groups in total. The fourth-order valence-electron chi connectivity index (χ4n) is 3.71. The normalized spacial score (nSPS) is 12.9. The quantitative estimate of drug-likeness (QED) is 0.295. The summed E-state index contributed by atoms with van der Waals surface area (Å²) in [4.78, 5) is 16.2. The van der Waals surface area contributed by atoms with Gasteiger partial charge >= 0.3 is 12.4 Å². The number of rotatable bonds is 7. The van der Waals surface area contributed by atoms with Crippen LogP contribution in [0, 0.1) is 11.3 Å². The molecule has 1 unspecified atom stereocenters. The topological polar surface area (TPSA) is 88.5 Å². The Labute approximate surface area is 205 Å². The van der Waals surface area contributed by atoms with Gasteiger partial charge in [0.15, 0.2) is 6.04 Å². The second-order valence-corrected chi connectivity index (χ2v) is 8.16. The molecule has 4 rings (SSSR count). The lowest BCUT2D eigenvalue weighted by Crippen LogP contribution is -2.26. The minimum atomic E-state index is -4.63. The first-order valence-corrected chi connectivity index (χ1v) is 10.9. The zero-order chi connectivity index (χ0) is 26.8. The number of nitrogens with zero attached hydrogens (tertiary/aromatic N) is 5. The SMILES string of the molecule is N#CCC(n1cc(-c2ccc3c(c2)ncn3-c2cccc(NC(=O)CCC(F)(F)F)c2)cn1)C(F)(F)F. The number of nitriles is 1. The fraction of sp³-hybridized carbons (Fsp3) is 0.250. The van der Waals surface area contributed by atoms with E-state index in [0.29, 0.717) is 33.5 Å². The van der Waals surface area contributed by atoms with Crippen LogP contribution in [0.2, 0.25) is 0 Å². The summed E-state index contributed by atoms with van der Waals surface area (Å²) in [5.41, 5.74) is 3.04. The number of hydrogen-bond donors (Lipinski definition) is 1. The molecular formula is C24H18F6N6O. The van der Waals surface area contributed by atoms with Gasteiger partial charge in [-0.05, 0) is 35.9 Å². The fourth-order valence-corrected chi connectivity index (χ4v) is 3.71. The molecule has 192 valence electrons. The summed E-state index contributed by atoms with van der Waals surface area (Å²) >= 11 is 0. The van der Waals surface area contributed by atoms with Crippen molar-refractivity contribution >= 4 is 22.6 Å². The van der Waals surface area contributed by atoms with Gasteiger partial charge in [-0.15, -0.1) is 0 Å². The third-order valence-electron chi connectivity index (χ3n) is 5.51. The third kappa shape index (κ3) is 6.08. The van der Waals surface area contributed by atoms with Gasteiger partial charge in [0, 0.05) is 29.6 Å². The van der Waals surface area contributed by atoms with E-state index in [9.17, 15) is 31.1 Å². The van der Waals surface area contributed by atoms with E-state index in [1.165, 1.54) is 24.8 Å². The minimum absolute atomic E-state index is 0.312. The second kappa shape index (κ2) is 9.96. The average Bonchev–Trinajstić information content (AvgIpc) is 3.47. The van der Waals surface area contributed by atoms with Gasteiger partial charge in [-0.25, -0.2) is 4.98 Å². The molecule has 4 aromatic rings. The van der Waals surface area contributed by atoms with Gasteiger partial charge in [0.2, 0.25) is 5.91 Å². The Morgan fingerprint density at radius 1 is 1.08 bits per heavy atom. The van der Waals surface area contributed by atoms with E-state index >= 15 is 0 Å². The smallest absolute Gasteiger partial charge is 0.326 e. The average molecular weight is 520 g/mol. The second-order valence-electron chi connectivity index (χ2n) is 8.16. The van der Waals surface area contributed by atoms with Crippen molar-refractivity contribution in [2.45, 2.75) is 37.7 Å². The first kappa shape index (κ1) is 25.7. The molecule has 0 saturated heterocycles. The highest BCUT2D eigenvalue weighted by molar-refractivity contribution is 5.91. The lowest BCUT2D eigenvalue weighted by atomic mass is 10.1. The molecule has 0 spiro atoms. The van der Waals surface area contributed by atoms with E-state index in [-0.39, 0.29) is 0 Å². The maximum absolute atomic E-state index is 13.3. The van der Waals surface area contributed by atoms with Gasteiger partial charge < -0.3 is 5.32 Å². The van der Waals surface area contributed by atoms with Gasteiger partial charge in [0.05, 0.1) is 36.1 Å². The van der Waals surface area contributed by atoms with Crippen LogP contribution in [-0.2, 0) is 4.79 Å². The molecule has 2 aromatic carbocycles. The van der Waals surface area contributed by atoms with Crippen molar-refractivity contribution in [1.29, 1.82) is 5.26 Å². The summed E-state index contributed by atoms with van der Waals surface area (Å²) in [7, 11) is 0. The summed E-state index contributed by atoms with van der Waals surface area (Å²) < 4.78 is 79.3. The Morgan fingerprint density at radius 2 is 1.86 bits per heavy atom. The lowest BCUT2D eigenvalue weighted by molar-refractivity contribution is -0.169. The minimum Gasteiger partial charge on any atom is -0.326 e. The van der Waals surface area contributed by atoms with Crippen LogP contribution in [-0.4, -0.2) is 37.6 Å². The number of fused-ring (bicyclic) bond motifs is 1. The molecule has 0 bridgehead atoms. The predicted molar refractivity (Wildman–Crippen MR) is 122 cm³/mol. The molecule has 0 radical (unpaired) electrons. The van der Waals surface area contributed by atoms with Gasteiger partial charge in [-0.1, -0.05) is 12.1 Å². The van der Waals surface area contributed by atoms with E-state index < -0.39 is 43.6 Å². The molecule has 7 nitrogen and oxygen atoms in total. The van der Waals surface area contributed by atoms with E-state index in [1.54, 1.807) is 47.0 Å². The van der Waals surface area contributed by atoms with Crippen LogP contribution >= 0.6 is 0 Å². The van der Waals surface area contributed by atoms with Crippen LogP contribution in [0.1, 0.15) is 25.3 Å². The number of benzene rings is 2. The molecule has 13 heteroatoms. The monoisotopic (exact) mass is 520 g/mol. The van der Waals surface area contributed by atoms with Crippen molar-refractivity contribution in [3.8, 4) is 22.9 Å². The number of anilines is 1. The van der Waals surface area contributed by atoms with E-state index in [1.807, 2.05) is 0 Å². The zero-order valence-corrected chi connectivity index (χ0v) is 18.9. The van der Waals surface area contributed by atoms with Gasteiger partial charge in [-0.2, -0.15) is 36.7 Å². The van der Waals surface area contributed by atoms with E-state index in [4.69, 9.17) is 5.26 Å². The number of carbonyl (C=O) groups excluding carboxylic acids is 1. The highest BCUT2D eigenvalue weighted by Gasteiger charge is 2.41. The molecule has 1 atom stereocenters. The molecule has 0 aliphatic carbocycles. The Kier molecular flexibility index (Phi) is 6.93. The number of carbonyl (C=O) groups is 1. The molecule has 0 fully saturated rings. The summed E-state index contributed by atoms with van der Waals surface area (Å²) in [6.45, 7) is 0. The summed E-state index contributed by atoms with van der Waals surface area (Å²) in [6, 6.07) is 11.0. The zero-order valence-electron chi connectivity index (χ0n) is 18.9. The van der Waals surface area contributed by atoms with Crippen molar-refractivity contribution in [3.63, 3.8) is 0 Å². The molecule has 37 heavy (non-hydrogen) atoms. The standard InChI is InChI=1S/C24H18F6N6O/c25-23(26,27)8-6-22(37)34-17-2-1-3-18(11-17)35-14-32-19-10-15(4-5-20(19)35)16-12-33-36(13-16)21(7-9-31)24(28,29)30/h1-5,10-14,21H,6-8H2,(H,34,37). The Balaban J connectivity index is 1.56. The third-order valence-corrected chi connectivity index (χ3v) is 5.51. The molecule has 0 aliphatic heterocycles. The Morgan fingerprint density at radius 3 is 2.57 bits per heavy atom. The number of halogens is 6. The van der Waals surface area contributed by atoms with Gasteiger partial charge in [0.25, 0.3) is 0 Å². The predicted octanol–water partition coefficient (Wildman–Crippen LogP) is 6.19. The summed E-state index contributed by atoms with van der Waals surface area (Å²) in [6.07, 6.45) is -7.73. The highest BCUT2D eigenvalue weighted by atomic mass is 19.4. The maximum atomic E-state index is 13.3. The number of hydrogen-bond acceptors (Lipinski definition) is 4. The number of aromatic nitrogens is 4. The summed E-state index contributed by atoms with van der Waals surface area (Å²) in [5.74, 6) is -0.766.